The Hall–Kier alpha value is -2.69. The topological polar surface area (TPSA) is 92.9 Å². The highest BCUT2D eigenvalue weighted by molar-refractivity contribution is 8.00. The molecule has 0 aliphatic carbocycles. The molecule has 0 bridgehead atoms. The number of anilines is 3. The minimum absolute atomic E-state index is 0.107. The zero-order valence-corrected chi connectivity index (χ0v) is 18.1. The van der Waals surface area contributed by atoms with Gasteiger partial charge in [0, 0.05) is 29.4 Å². The number of amides is 1. The van der Waals surface area contributed by atoms with Gasteiger partial charge in [-0.1, -0.05) is 29.2 Å². The van der Waals surface area contributed by atoms with Crippen LogP contribution in [-0.4, -0.2) is 21.1 Å². The van der Waals surface area contributed by atoms with Gasteiger partial charge < -0.3 is 15.1 Å². The molecule has 0 saturated heterocycles. The highest BCUT2D eigenvalue weighted by Gasteiger charge is 2.11. The van der Waals surface area contributed by atoms with Crippen molar-refractivity contribution < 1.29 is 9.21 Å². The van der Waals surface area contributed by atoms with Crippen molar-refractivity contribution in [2.45, 2.75) is 23.9 Å². The first kappa shape index (κ1) is 19.6. The van der Waals surface area contributed by atoms with Gasteiger partial charge in [-0.25, -0.2) is 4.98 Å². The highest BCUT2D eigenvalue weighted by Crippen LogP contribution is 2.32. The number of furan rings is 1. The van der Waals surface area contributed by atoms with Gasteiger partial charge in [-0.15, -0.1) is 21.5 Å². The van der Waals surface area contributed by atoms with E-state index in [2.05, 4.69) is 25.8 Å². The summed E-state index contributed by atoms with van der Waals surface area (Å²) in [4.78, 5) is 15.8. The first-order valence-corrected chi connectivity index (χ1v) is 11.4. The predicted octanol–water partition coefficient (Wildman–Crippen LogP) is 5.56. The number of carbonyl (C=O) groups is 1. The van der Waals surface area contributed by atoms with Gasteiger partial charge in [-0.05, 0) is 37.3 Å². The molecule has 3 heterocycles. The molecule has 1 amide bonds. The van der Waals surface area contributed by atoms with Gasteiger partial charge in [0.15, 0.2) is 15.1 Å². The molecule has 0 spiro atoms. The molecule has 0 unspecified atom stereocenters. The lowest BCUT2D eigenvalue weighted by molar-refractivity contribution is -0.114. The Kier molecular flexibility index (Phi) is 5.93. The number of thioether (sulfide) groups is 1. The lowest BCUT2D eigenvalue weighted by Crippen LogP contribution is -2.05. The number of nitrogens with one attached hydrogen (secondary N) is 2. The van der Waals surface area contributed by atoms with Gasteiger partial charge in [0.2, 0.25) is 11.0 Å². The van der Waals surface area contributed by atoms with Crippen LogP contribution >= 0.6 is 34.4 Å². The summed E-state index contributed by atoms with van der Waals surface area (Å²) in [6, 6.07) is 11.3. The number of carbonyl (C=O) groups excluding carboxylic acids is 1. The zero-order chi connectivity index (χ0) is 20.2. The Bertz CT molecular complexity index is 1130. The smallest absolute Gasteiger partial charge is 0.221 e. The first-order valence-electron chi connectivity index (χ1n) is 8.67. The number of hydrogen-bond donors (Lipinski definition) is 2. The third-order valence-corrected chi connectivity index (χ3v) is 6.60. The predicted molar refractivity (Wildman–Crippen MR) is 118 cm³/mol. The van der Waals surface area contributed by atoms with E-state index < -0.39 is 0 Å². The zero-order valence-electron chi connectivity index (χ0n) is 15.6. The standard InChI is InChI=1S/C19H17N5O2S3/c1-11-6-7-16(26-11)17-21-15(9-27-17)10-28-19-24-23-18(29-19)22-14-5-3-4-13(8-14)20-12(2)25/h3-9H,10H2,1-2H3,(H,20,25)(H,22,23). The molecule has 0 fully saturated rings. The third-order valence-electron chi connectivity index (χ3n) is 3.69. The van der Waals surface area contributed by atoms with E-state index >= 15 is 0 Å². The average Bonchev–Trinajstić information content (AvgIpc) is 3.41. The average molecular weight is 444 g/mol. The van der Waals surface area contributed by atoms with Crippen LogP contribution in [0.15, 0.2) is 50.5 Å². The molecular weight excluding hydrogens is 426 g/mol. The van der Waals surface area contributed by atoms with E-state index in [1.807, 2.05) is 48.7 Å². The van der Waals surface area contributed by atoms with E-state index in [0.29, 0.717) is 10.9 Å². The normalized spacial score (nSPS) is 10.8. The molecule has 0 radical (unpaired) electrons. The van der Waals surface area contributed by atoms with Crippen molar-refractivity contribution in [2.24, 2.45) is 0 Å². The second-order valence-electron chi connectivity index (χ2n) is 6.10. The van der Waals surface area contributed by atoms with Crippen molar-refractivity contribution in [1.82, 2.24) is 15.2 Å². The minimum Gasteiger partial charge on any atom is -0.459 e. The van der Waals surface area contributed by atoms with Crippen LogP contribution < -0.4 is 10.6 Å². The molecule has 1 aromatic carbocycles. The molecule has 7 nitrogen and oxygen atoms in total. The SMILES string of the molecule is CC(=O)Nc1cccc(Nc2nnc(SCc3csc(-c4ccc(C)o4)n3)s2)c1. The molecule has 10 heteroatoms. The number of nitrogens with zero attached hydrogens (tertiary/aromatic N) is 3. The number of aryl methyl sites for hydroxylation is 1. The van der Waals surface area contributed by atoms with Gasteiger partial charge >= 0.3 is 0 Å². The van der Waals surface area contributed by atoms with Crippen molar-refractivity contribution >= 4 is 56.8 Å². The maximum Gasteiger partial charge on any atom is 0.221 e. The Morgan fingerprint density at radius 2 is 2.07 bits per heavy atom. The summed E-state index contributed by atoms with van der Waals surface area (Å²) in [5, 5.41) is 18.0. The molecule has 0 aliphatic heterocycles. The maximum absolute atomic E-state index is 11.2. The summed E-state index contributed by atoms with van der Waals surface area (Å²) in [7, 11) is 0. The van der Waals surface area contributed by atoms with E-state index in [1.165, 1.54) is 18.3 Å². The molecule has 29 heavy (non-hydrogen) atoms. The van der Waals surface area contributed by atoms with Crippen LogP contribution in [0.3, 0.4) is 0 Å². The van der Waals surface area contributed by atoms with E-state index in [1.54, 1.807) is 23.1 Å². The van der Waals surface area contributed by atoms with Crippen molar-refractivity contribution in [3.63, 3.8) is 0 Å². The number of rotatable bonds is 7. The van der Waals surface area contributed by atoms with E-state index in [0.717, 1.165) is 37.9 Å². The second kappa shape index (κ2) is 8.76. The Labute approximate surface area is 179 Å². The Balaban J connectivity index is 1.35. The third kappa shape index (κ3) is 5.22. The molecule has 3 aromatic heterocycles. The van der Waals surface area contributed by atoms with Gasteiger partial charge in [-0.3, -0.25) is 4.79 Å². The number of aromatic nitrogens is 3. The first-order chi connectivity index (χ1) is 14.0. The van der Waals surface area contributed by atoms with Gasteiger partial charge in [-0.2, -0.15) is 0 Å². The van der Waals surface area contributed by atoms with E-state index in [-0.39, 0.29) is 5.91 Å². The lowest BCUT2D eigenvalue weighted by Gasteiger charge is -2.05. The fraction of sp³-hybridized carbons (Fsp3) is 0.158. The van der Waals surface area contributed by atoms with Crippen LogP contribution in [0.1, 0.15) is 18.4 Å². The van der Waals surface area contributed by atoms with Crippen LogP contribution in [0.5, 0.6) is 0 Å². The molecule has 0 saturated carbocycles. The molecule has 4 aromatic rings. The molecule has 0 atom stereocenters. The van der Waals surface area contributed by atoms with Gasteiger partial charge in [0.1, 0.15) is 5.76 Å². The summed E-state index contributed by atoms with van der Waals surface area (Å²) >= 11 is 4.63. The van der Waals surface area contributed by atoms with Gasteiger partial charge in [0.05, 0.1) is 5.69 Å². The molecule has 4 rings (SSSR count). The Morgan fingerprint density at radius 3 is 2.86 bits per heavy atom. The van der Waals surface area contributed by atoms with Crippen LogP contribution in [0.4, 0.5) is 16.5 Å². The molecule has 0 aliphatic rings. The summed E-state index contributed by atoms with van der Waals surface area (Å²) < 4.78 is 6.48. The molecular formula is C19H17N5O2S3. The Morgan fingerprint density at radius 1 is 1.21 bits per heavy atom. The summed E-state index contributed by atoms with van der Waals surface area (Å²) in [6.45, 7) is 3.40. The summed E-state index contributed by atoms with van der Waals surface area (Å²) in [5.41, 5.74) is 2.55. The van der Waals surface area contributed by atoms with Crippen molar-refractivity contribution in [3.8, 4) is 10.8 Å². The van der Waals surface area contributed by atoms with Crippen molar-refractivity contribution in [1.29, 1.82) is 0 Å². The van der Waals surface area contributed by atoms with Crippen LogP contribution in [0.25, 0.3) is 10.8 Å². The highest BCUT2D eigenvalue weighted by atomic mass is 32.2. The van der Waals surface area contributed by atoms with Crippen molar-refractivity contribution in [3.05, 3.63) is 53.2 Å². The minimum atomic E-state index is -0.107. The van der Waals surface area contributed by atoms with Crippen LogP contribution in [-0.2, 0) is 10.5 Å². The van der Waals surface area contributed by atoms with Crippen LogP contribution in [0.2, 0.25) is 0 Å². The summed E-state index contributed by atoms with van der Waals surface area (Å²) in [6.07, 6.45) is 0. The monoisotopic (exact) mass is 443 g/mol. The van der Waals surface area contributed by atoms with Gasteiger partial charge in [0.25, 0.3) is 0 Å². The van der Waals surface area contributed by atoms with E-state index in [4.69, 9.17) is 4.42 Å². The second-order valence-corrected chi connectivity index (χ2v) is 9.16. The molecule has 2 N–H and O–H groups in total. The number of thiazole rings is 1. The van der Waals surface area contributed by atoms with Crippen LogP contribution in [0, 0.1) is 6.92 Å². The molecule has 148 valence electrons. The van der Waals surface area contributed by atoms with E-state index in [9.17, 15) is 4.79 Å². The summed E-state index contributed by atoms with van der Waals surface area (Å²) in [5.74, 6) is 2.28. The fourth-order valence-electron chi connectivity index (χ4n) is 2.49. The lowest BCUT2D eigenvalue weighted by atomic mass is 10.3. The fourth-order valence-corrected chi connectivity index (χ4v) is 5.04. The maximum atomic E-state index is 11.2. The van der Waals surface area contributed by atoms with Crippen molar-refractivity contribution in [2.75, 3.05) is 10.6 Å². The number of hydrogen-bond acceptors (Lipinski definition) is 9. The largest absolute Gasteiger partial charge is 0.459 e. The number of benzene rings is 1. The quantitative estimate of drug-likeness (QED) is 0.361.